The van der Waals surface area contributed by atoms with E-state index in [2.05, 4.69) is 95.0 Å². The second-order valence-electron chi connectivity index (χ2n) is 8.20. The van der Waals surface area contributed by atoms with E-state index in [-0.39, 0.29) is 0 Å². The Bertz CT molecular complexity index is 922. The summed E-state index contributed by atoms with van der Waals surface area (Å²) in [6.07, 6.45) is 5.39. The molecule has 0 aliphatic rings. The molecular formula is C27H30Si. The van der Waals surface area contributed by atoms with Gasteiger partial charge in [-0.1, -0.05) is 65.2 Å². The zero-order valence-electron chi connectivity index (χ0n) is 17.9. The van der Waals surface area contributed by atoms with Crippen LogP contribution in [-0.2, 0) is 0 Å². The van der Waals surface area contributed by atoms with Gasteiger partial charge in [0.25, 0.3) is 0 Å². The van der Waals surface area contributed by atoms with Gasteiger partial charge in [0.1, 0.15) is 8.07 Å². The van der Waals surface area contributed by atoms with Gasteiger partial charge in [0.15, 0.2) is 0 Å². The van der Waals surface area contributed by atoms with Crippen molar-refractivity contribution in [3.63, 3.8) is 0 Å². The van der Waals surface area contributed by atoms with Gasteiger partial charge in [-0.05, 0) is 65.2 Å². The maximum atomic E-state index is 5.39. The van der Waals surface area contributed by atoms with Crippen LogP contribution in [0.2, 0.25) is 16.6 Å². The van der Waals surface area contributed by atoms with E-state index in [1.807, 2.05) is 24.3 Å². The van der Waals surface area contributed by atoms with Crippen LogP contribution in [-0.4, -0.2) is 8.07 Å². The normalized spacial score (nSPS) is 10.9. The lowest BCUT2D eigenvalue weighted by molar-refractivity contribution is 0.838. The van der Waals surface area contributed by atoms with Gasteiger partial charge in [0, 0.05) is 22.3 Å². The number of benzene rings is 2. The van der Waals surface area contributed by atoms with Crippen LogP contribution in [0.4, 0.5) is 0 Å². The monoisotopic (exact) mass is 382 g/mol. The molecule has 0 nitrogen and oxygen atoms in total. The molecule has 142 valence electrons. The molecule has 0 bridgehead atoms. The fourth-order valence-electron chi connectivity index (χ4n) is 4.04. The average Bonchev–Trinajstić information content (AvgIpc) is 2.67. The zero-order chi connectivity index (χ0) is 20.7. The summed E-state index contributed by atoms with van der Waals surface area (Å²) in [4.78, 5) is 0. The van der Waals surface area contributed by atoms with Crippen molar-refractivity contribution in [1.82, 2.24) is 0 Å². The van der Waals surface area contributed by atoms with Gasteiger partial charge in [0.05, 0.1) is 0 Å². The number of terminal acetylenes is 1. The summed E-state index contributed by atoms with van der Waals surface area (Å²) in [6.45, 7) is 14.1. The Balaban J connectivity index is 2.23. The highest BCUT2D eigenvalue weighted by molar-refractivity contribution is 6.90. The van der Waals surface area contributed by atoms with Crippen molar-refractivity contribution < 1.29 is 0 Å². The minimum atomic E-state index is -1.69. The predicted molar refractivity (Wildman–Crippen MR) is 125 cm³/mol. The summed E-state index contributed by atoms with van der Waals surface area (Å²) >= 11 is 0. The molecule has 2 aromatic rings. The minimum absolute atomic E-state index is 0.644. The first-order valence-electron chi connectivity index (χ1n) is 10.0. The lowest BCUT2D eigenvalue weighted by atomic mass is 10.1. The highest BCUT2D eigenvalue weighted by atomic mass is 28.3. The molecule has 0 heterocycles. The van der Waals surface area contributed by atoms with Crippen molar-refractivity contribution in [3.8, 4) is 35.6 Å². The minimum Gasteiger partial charge on any atom is -0.125 e. The van der Waals surface area contributed by atoms with Crippen molar-refractivity contribution in [3.05, 3.63) is 70.8 Å². The molecule has 28 heavy (non-hydrogen) atoms. The fraction of sp³-hybridized carbons (Fsp3) is 0.333. The Hall–Kier alpha value is -2.66. The number of rotatable bonds is 3. The summed E-state index contributed by atoms with van der Waals surface area (Å²) in [5.41, 5.74) is 9.61. The molecular weight excluding hydrogens is 352 g/mol. The van der Waals surface area contributed by atoms with Crippen molar-refractivity contribution >= 4 is 8.07 Å². The molecule has 0 radical (unpaired) electrons. The molecule has 2 aromatic carbocycles. The van der Waals surface area contributed by atoms with Gasteiger partial charge in [-0.15, -0.1) is 12.0 Å². The van der Waals surface area contributed by atoms with E-state index in [1.165, 1.54) is 0 Å². The van der Waals surface area contributed by atoms with Gasteiger partial charge in [-0.25, -0.2) is 0 Å². The second-order valence-corrected chi connectivity index (χ2v) is 13.8. The Morgan fingerprint density at radius 3 is 1.21 bits per heavy atom. The van der Waals surface area contributed by atoms with Crippen LogP contribution in [0.15, 0.2) is 48.5 Å². The zero-order valence-corrected chi connectivity index (χ0v) is 18.9. The lowest BCUT2D eigenvalue weighted by Crippen LogP contribution is -2.43. The first-order valence-corrected chi connectivity index (χ1v) is 12.2. The average molecular weight is 383 g/mol. The number of hydrogen-bond acceptors (Lipinski definition) is 0. The van der Waals surface area contributed by atoms with Gasteiger partial charge >= 0.3 is 0 Å². The molecule has 0 saturated heterocycles. The van der Waals surface area contributed by atoms with Crippen LogP contribution in [0.1, 0.15) is 63.8 Å². The lowest BCUT2D eigenvalue weighted by Gasteiger charge is -2.38. The summed E-state index contributed by atoms with van der Waals surface area (Å²) < 4.78 is 0. The van der Waals surface area contributed by atoms with E-state index in [1.54, 1.807) is 0 Å². The van der Waals surface area contributed by atoms with Crippen molar-refractivity contribution in [2.24, 2.45) is 0 Å². The molecule has 0 fully saturated rings. The van der Waals surface area contributed by atoms with Crippen LogP contribution < -0.4 is 0 Å². The standard InChI is InChI=1S/C27H30Si/c1-8-24-9-11-25(12-10-24)13-14-26-15-17-27(18-16-26)19-20-28(21(2)3,22(4)5)23(6)7/h1,9-12,15-18,21-23H,2-7H3. The number of hydrogen-bond donors (Lipinski definition) is 0. The molecule has 0 aliphatic carbocycles. The quantitative estimate of drug-likeness (QED) is 0.412. The molecule has 0 unspecified atom stereocenters. The van der Waals surface area contributed by atoms with Crippen LogP contribution in [0.25, 0.3) is 0 Å². The third kappa shape index (κ3) is 4.98. The van der Waals surface area contributed by atoms with Crippen LogP contribution in [0.5, 0.6) is 0 Å². The van der Waals surface area contributed by atoms with E-state index in [9.17, 15) is 0 Å². The maximum Gasteiger partial charge on any atom is 0.146 e. The largest absolute Gasteiger partial charge is 0.146 e. The summed E-state index contributed by atoms with van der Waals surface area (Å²) in [7, 11) is -1.69. The van der Waals surface area contributed by atoms with Crippen LogP contribution in [0.3, 0.4) is 0 Å². The van der Waals surface area contributed by atoms with Gasteiger partial charge in [0.2, 0.25) is 0 Å². The molecule has 0 atom stereocenters. The second kappa shape index (κ2) is 9.51. The Morgan fingerprint density at radius 2 is 0.893 bits per heavy atom. The van der Waals surface area contributed by atoms with E-state index < -0.39 is 8.07 Å². The topological polar surface area (TPSA) is 0 Å². The Morgan fingerprint density at radius 1 is 0.571 bits per heavy atom. The van der Waals surface area contributed by atoms with E-state index in [0.717, 1.165) is 22.3 Å². The molecule has 1 heteroatoms. The van der Waals surface area contributed by atoms with Crippen LogP contribution >= 0.6 is 0 Å². The molecule has 0 aromatic heterocycles. The van der Waals surface area contributed by atoms with Crippen LogP contribution in [0, 0.1) is 35.6 Å². The molecule has 0 saturated carbocycles. The van der Waals surface area contributed by atoms with Gasteiger partial charge in [-0.3, -0.25) is 0 Å². The molecule has 0 aliphatic heterocycles. The highest BCUT2D eigenvalue weighted by Gasteiger charge is 2.41. The third-order valence-electron chi connectivity index (χ3n) is 5.58. The predicted octanol–water partition coefficient (Wildman–Crippen LogP) is 6.64. The smallest absolute Gasteiger partial charge is 0.125 e. The molecule has 0 N–H and O–H groups in total. The molecule has 2 rings (SSSR count). The highest BCUT2D eigenvalue weighted by Crippen LogP contribution is 2.40. The fourth-order valence-corrected chi connectivity index (χ4v) is 9.27. The summed E-state index contributed by atoms with van der Waals surface area (Å²) in [6, 6.07) is 16.0. The van der Waals surface area contributed by atoms with E-state index in [4.69, 9.17) is 6.42 Å². The molecule has 0 spiro atoms. The Labute approximate surface area is 172 Å². The van der Waals surface area contributed by atoms with Gasteiger partial charge < -0.3 is 0 Å². The SMILES string of the molecule is C#Cc1ccc(C#Cc2ccc(C#C[Si](C(C)C)(C(C)C)C(C)C)cc2)cc1. The van der Waals surface area contributed by atoms with Gasteiger partial charge in [-0.2, -0.15) is 0 Å². The third-order valence-corrected chi connectivity index (χ3v) is 11.9. The Kier molecular flexibility index (Phi) is 7.35. The van der Waals surface area contributed by atoms with Crippen molar-refractivity contribution in [2.45, 2.75) is 58.2 Å². The summed E-state index contributed by atoms with van der Waals surface area (Å²) in [5.74, 6) is 12.5. The first-order chi connectivity index (χ1) is 13.3. The maximum absolute atomic E-state index is 5.39. The van der Waals surface area contributed by atoms with E-state index in [0.29, 0.717) is 16.6 Å². The van der Waals surface area contributed by atoms with E-state index >= 15 is 0 Å². The van der Waals surface area contributed by atoms with Crippen molar-refractivity contribution in [1.29, 1.82) is 0 Å². The summed E-state index contributed by atoms with van der Waals surface area (Å²) in [5, 5.41) is 0. The molecule has 0 amide bonds. The first kappa shape index (κ1) is 21.6. The van der Waals surface area contributed by atoms with Crippen molar-refractivity contribution in [2.75, 3.05) is 0 Å².